The van der Waals surface area contributed by atoms with Crippen LogP contribution in [0, 0.1) is 12.8 Å². The molecule has 0 spiro atoms. The molecule has 2 rings (SSSR count). The fourth-order valence-corrected chi connectivity index (χ4v) is 2.12. The molecule has 0 bridgehead atoms. The normalized spacial score (nSPS) is 16.0. The van der Waals surface area contributed by atoms with E-state index in [-0.39, 0.29) is 30.1 Å². The maximum atomic E-state index is 12.2. The molecular formula is C17H26ClN3O2. The van der Waals surface area contributed by atoms with Gasteiger partial charge in [0.25, 0.3) is 5.91 Å². The predicted molar refractivity (Wildman–Crippen MR) is 95.0 cm³/mol. The quantitative estimate of drug-likeness (QED) is 0.744. The molecule has 1 saturated carbocycles. The second-order valence-electron chi connectivity index (χ2n) is 6.18. The number of hydrogen-bond acceptors (Lipinski definition) is 3. The molecule has 4 N–H and O–H groups in total. The van der Waals surface area contributed by atoms with Crippen LogP contribution in [0.2, 0.25) is 0 Å². The van der Waals surface area contributed by atoms with Gasteiger partial charge in [0.15, 0.2) is 0 Å². The number of nitrogens with two attached hydrogens (primary N) is 1. The Labute approximate surface area is 143 Å². The number of benzene rings is 1. The van der Waals surface area contributed by atoms with Crippen molar-refractivity contribution < 1.29 is 9.59 Å². The van der Waals surface area contributed by atoms with Crippen LogP contribution in [-0.2, 0) is 4.79 Å². The average Bonchev–Trinajstić information content (AvgIpc) is 3.31. The molecule has 6 heteroatoms. The van der Waals surface area contributed by atoms with Crippen LogP contribution < -0.4 is 16.4 Å². The molecule has 0 saturated heterocycles. The highest BCUT2D eigenvalue weighted by Gasteiger charge is 2.24. The van der Waals surface area contributed by atoms with Gasteiger partial charge in [-0.3, -0.25) is 9.59 Å². The first-order valence-corrected chi connectivity index (χ1v) is 7.90. The number of hydrogen-bond donors (Lipinski definition) is 3. The first-order chi connectivity index (χ1) is 10.4. The van der Waals surface area contributed by atoms with Crippen LogP contribution in [0.25, 0.3) is 0 Å². The van der Waals surface area contributed by atoms with Crippen molar-refractivity contribution in [1.82, 2.24) is 5.32 Å². The summed E-state index contributed by atoms with van der Waals surface area (Å²) in [7, 11) is 0. The number of rotatable bonds is 6. The summed E-state index contributed by atoms with van der Waals surface area (Å²) in [6.07, 6.45) is 2.94. The number of amides is 2. The van der Waals surface area contributed by atoms with Crippen molar-refractivity contribution in [2.24, 2.45) is 11.7 Å². The largest absolute Gasteiger partial charge is 0.349 e. The molecule has 5 nitrogen and oxygen atoms in total. The van der Waals surface area contributed by atoms with Crippen molar-refractivity contribution in [3.05, 3.63) is 29.3 Å². The fourth-order valence-electron chi connectivity index (χ4n) is 2.12. The van der Waals surface area contributed by atoms with Crippen LogP contribution in [0.1, 0.15) is 49.0 Å². The Morgan fingerprint density at radius 1 is 1.35 bits per heavy atom. The first-order valence-electron chi connectivity index (χ1n) is 7.90. The van der Waals surface area contributed by atoms with Crippen LogP contribution in [-0.4, -0.2) is 23.9 Å². The van der Waals surface area contributed by atoms with Crippen molar-refractivity contribution >= 4 is 29.9 Å². The van der Waals surface area contributed by atoms with Gasteiger partial charge in [0.1, 0.15) is 0 Å². The van der Waals surface area contributed by atoms with Gasteiger partial charge in [-0.1, -0.05) is 26.3 Å². The topological polar surface area (TPSA) is 84.2 Å². The van der Waals surface area contributed by atoms with Gasteiger partial charge in [0, 0.05) is 17.3 Å². The molecule has 0 heterocycles. The average molecular weight is 340 g/mol. The molecule has 1 aliphatic rings. The molecular weight excluding hydrogens is 314 g/mol. The second kappa shape index (κ2) is 8.31. The molecule has 1 aromatic carbocycles. The molecule has 1 fully saturated rings. The Morgan fingerprint density at radius 3 is 2.57 bits per heavy atom. The first kappa shape index (κ1) is 19.5. The van der Waals surface area contributed by atoms with Crippen LogP contribution in [0.5, 0.6) is 0 Å². The molecule has 2 atom stereocenters. The van der Waals surface area contributed by atoms with Crippen LogP contribution in [0.15, 0.2) is 18.2 Å². The molecule has 0 aromatic heterocycles. The standard InChI is InChI=1S/C17H25N3O2.ClH/c1-4-10(2)15(18)17(22)20-14-9-12(6-5-11(14)3)16(21)19-13-7-8-13;/h5-6,9-10,13,15H,4,7-8,18H2,1-3H3,(H,19,21)(H,20,22);1H. The van der Waals surface area contributed by atoms with E-state index in [4.69, 9.17) is 5.73 Å². The van der Waals surface area contributed by atoms with E-state index in [1.807, 2.05) is 26.8 Å². The van der Waals surface area contributed by atoms with Gasteiger partial charge in [-0.25, -0.2) is 0 Å². The van der Waals surface area contributed by atoms with E-state index in [1.54, 1.807) is 12.1 Å². The zero-order chi connectivity index (χ0) is 16.3. The summed E-state index contributed by atoms with van der Waals surface area (Å²) >= 11 is 0. The van der Waals surface area contributed by atoms with E-state index in [0.29, 0.717) is 17.3 Å². The predicted octanol–water partition coefficient (Wildman–Crippen LogP) is 2.62. The highest BCUT2D eigenvalue weighted by Crippen LogP contribution is 2.21. The van der Waals surface area contributed by atoms with Gasteiger partial charge >= 0.3 is 0 Å². The van der Waals surface area contributed by atoms with E-state index in [2.05, 4.69) is 10.6 Å². The third kappa shape index (κ3) is 5.22. The van der Waals surface area contributed by atoms with E-state index >= 15 is 0 Å². The monoisotopic (exact) mass is 339 g/mol. The number of carbonyl (C=O) groups excluding carboxylic acids is 2. The SMILES string of the molecule is CCC(C)C(N)C(=O)Nc1cc(C(=O)NC2CC2)ccc1C.Cl. The Bertz CT molecular complexity index is 573. The van der Waals surface area contributed by atoms with Gasteiger partial charge in [-0.15, -0.1) is 12.4 Å². The Hall–Kier alpha value is -1.59. The lowest BCUT2D eigenvalue weighted by Crippen LogP contribution is -2.40. The zero-order valence-corrected chi connectivity index (χ0v) is 14.7. The van der Waals surface area contributed by atoms with Crippen molar-refractivity contribution in [3.8, 4) is 0 Å². The molecule has 2 amide bonds. The van der Waals surface area contributed by atoms with Crippen LogP contribution in [0.3, 0.4) is 0 Å². The number of carbonyl (C=O) groups is 2. The lowest BCUT2D eigenvalue weighted by atomic mass is 9.99. The minimum Gasteiger partial charge on any atom is -0.349 e. The summed E-state index contributed by atoms with van der Waals surface area (Å²) in [4.78, 5) is 24.3. The van der Waals surface area contributed by atoms with Crippen molar-refractivity contribution in [2.45, 2.75) is 52.1 Å². The maximum Gasteiger partial charge on any atom is 0.251 e. The Balaban J connectivity index is 0.00000264. The van der Waals surface area contributed by atoms with Gasteiger partial charge in [-0.05, 0) is 43.4 Å². The third-order valence-corrected chi connectivity index (χ3v) is 4.23. The summed E-state index contributed by atoms with van der Waals surface area (Å²) in [6.45, 7) is 5.86. The molecule has 2 unspecified atom stereocenters. The molecule has 0 aliphatic heterocycles. The molecule has 0 radical (unpaired) electrons. The third-order valence-electron chi connectivity index (χ3n) is 4.23. The number of aryl methyl sites for hydroxylation is 1. The van der Waals surface area contributed by atoms with Gasteiger partial charge in [0.2, 0.25) is 5.91 Å². The number of halogens is 1. The lowest BCUT2D eigenvalue weighted by Gasteiger charge is -2.19. The van der Waals surface area contributed by atoms with E-state index in [9.17, 15) is 9.59 Å². The van der Waals surface area contributed by atoms with Crippen molar-refractivity contribution in [3.63, 3.8) is 0 Å². The summed E-state index contributed by atoms with van der Waals surface area (Å²) in [5.74, 6) is -0.192. The fraction of sp³-hybridized carbons (Fsp3) is 0.529. The summed E-state index contributed by atoms with van der Waals surface area (Å²) in [5.41, 5.74) is 8.07. The molecule has 1 aromatic rings. The van der Waals surface area contributed by atoms with Gasteiger partial charge < -0.3 is 16.4 Å². The smallest absolute Gasteiger partial charge is 0.251 e. The second-order valence-corrected chi connectivity index (χ2v) is 6.18. The number of anilines is 1. The highest BCUT2D eigenvalue weighted by molar-refractivity contribution is 5.99. The Morgan fingerprint density at radius 2 is 2.00 bits per heavy atom. The zero-order valence-electron chi connectivity index (χ0n) is 13.9. The lowest BCUT2D eigenvalue weighted by molar-refractivity contribution is -0.118. The van der Waals surface area contributed by atoms with Crippen LogP contribution in [0.4, 0.5) is 5.69 Å². The summed E-state index contributed by atoms with van der Waals surface area (Å²) in [5, 5.41) is 5.79. The van der Waals surface area contributed by atoms with Gasteiger partial charge in [-0.2, -0.15) is 0 Å². The minimum absolute atomic E-state index is 0. The van der Waals surface area contributed by atoms with Crippen molar-refractivity contribution in [1.29, 1.82) is 0 Å². The highest BCUT2D eigenvalue weighted by atomic mass is 35.5. The maximum absolute atomic E-state index is 12.2. The minimum atomic E-state index is -0.548. The molecule has 128 valence electrons. The summed E-state index contributed by atoms with van der Waals surface area (Å²) in [6, 6.07) is 5.09. The Kier molecular flexibility index (Phi) is 7.03. The van der Waals surface area contributed by atoms with E-state index in [0.717, 1.165) is 24.8 Å². The van der Waals surface area contributed by atoms with E-state index < -0.39 is 6.04 Å². The van der Waals surface area contributed by atoms with Crippen molar-refractivity contribution in [2.75, 3.05) is 5.32 Å². The summed E-state index contributed by atoms with van der Waals surface area (Å²) < 4.78 is 0. The van der Waals surface area contributed by atoms with Crippen LogP contribution >= 0.6 is 12.4 Å². The van der Waals surface area contributed by atoms with Gasteiger partial charge in [0.05, 0.1) is 6.04 Å². The molecule has 1 aliphatic carbocycles. The number of nitrogens with one attached hydrogen (secondary N) is 2. The molecule has 23 heavy (non-hydrogen) atoms. The van der Waals surface area contributed by atoms with E-state index in [1.165, 1.54) is 0 Å².